The summed E-state index contributed by atoms with van der Waals surface area (Å²) < 4.78 is 43.6. The molecule has 0 radical (unpaired) electrons. The molecule has 26 heavy (non-hydrogen) atoms. The molecule has 2 rings (SSSR count). The Kier molecular flexibility index (Phi) is 6.05. The van der Waals surface area contributed by atoms with Gasteiger partial charge < -0.3 is 9.84 Å². The van der Waals surface area contributed by atoms with E-state index >= 15 is 0 Å². The highest BCUT2D eigenvalue weighted by atomic mass is 35.5. The van der Waals surface area contributed by atoms with Crippen LogP contribution >= 0.6 is 11.6 Å². The van der Waals surface area contributed by atoms with Crippen LogP contribution in [0.2, 0.25) is 5.02 Å². The molecule has 0 unspecified atom stereocenters. The zero-order chi connectivity index (χ0) is 19.3. The zero-order valence-electron chi connectivity index (χ0n) is 13.4. The van der Waals surface area contributed by atoms with Gasteiger partial charge in [-0.05, 0) is 48.5 Å². The van der Waals surface area contributed by atoms with Crippen LogP contribution in [0.25, 0.3) is 5.76 Å². The van der Waals surface area contributed by atoms with Gasteiger partial charge in [0.1, 0.15) is 11.5 Å². The third kappa shape index (κ3) is 4.86. The fourth-order valence-corrected chi connectivity index (χ4v) is 2.08. The van der Waals surface area contributed by atoms with Crippen LogP contribution in [0.3, 0.4) is 0 Å². The molecule has 8 heteroatoms. The molecule has 0 saturated carbocycles. The van der Waals surface area contributed by atoms with E-state index in [9.17, 15) is 23.1 Å². The van der Waals surface area contributed by atoms with Crippen LogP contribution in [0.15, 0.2) is 59.1 Å². The minimum atomic E-state index is -5.16. The predicted octanol–water partition coefficient (Wildman–Crippen LogP) is 5.15. The summed E-state index contributed by atoms with van der Waals surface area (Å²) in [5, 5.41) is 10.6. The van der Waals surface area contributed by atoms with Crippen molar-refractivity contribution in [1.29, 1.82) is 0 Å². The van der Waals surface area contributed by atoms with Crippen LogP contribution in [0.5, 0.6) is 5.75 Å². The molecule has 0 bridgehead atoms. The molecule has 136 valence electrons. The molecule has 0 spiro atoms. The van der Waals surface area contributed by atoms with Crippen molar-refractivity contribution in [3.8, 4) is 5.75 Å². The predicted molar refractivity (Wildman–Crippen MR) is 93.2 cm³/mol. The van der Waals surface area contributed by atoms with Gasteiger partial charge in [-0.25, -0.2) is 0 Å². The van der Waals surface area contributed by atoms with Crippen molar-refractivity contribution in [2.75, 3.05) is 7.11 Å². The molecular formula is C18H13ClF3NO3. The summed E-state index contributed by atoms with van der Waals surface area (Å²) >= 11 is 5.73. The van der Waals surface area contributed by atoms with Gasteiger partial charge >= 0.3 is 6.18 Å². The Morgan fingerprint density at radius 3 is 2.19 bits per heavy atom. The lowest BCUT2D eigenvalue weighted by atomic mass is 10.0. The van der Waals surface area contributed by atoms with Crippen LogP contribution in [-0.2, 0) is 4.79 Å². The number of hydrogen-bond acceptors (Lipinski definition) is 4. The van der Waals surface area contributed by atoms with Gasteiger partial charge in [0.25, 0.3) is 5.78 Å². The van der Waals surface area contributed by atoms with E-state index in [1.54, 1.807) is 0 Å². The third-order valence-corrected chi connectivity index (χ3v) is 3.54. The lowest BCUT2D eigenvalue weighted by molar-refractivity contribution is -0.165. The Balaban J connectivity index is 2.48. The van der Waals surface area contributed by atoms with Crippen LogP contribution in [0, 0.1) is 0 Å². The number of Topliss-reactive ketones (excluding diaryl/α,β-unsaturated/α-hetero) is 1. The first-order valence-electron chi connectivity index (χ1n) is 7.21. The van der Waals surface area contributed by atoms with Gasteiger partial charge in [-0.2, -0.15) is 13.2 Å². The van der Waals surface area contributed by atoms with E-state index in [0.717, 1.165) is 0 Å². The average molecular weight is 384 g/mol. The number of rotatable bonds is 5. The molecular weight excluding hydrogens is 371 g/mol. The maximum atomic E-state index is 12.9. The Morgan fingerprint density at radius 1 is 1.12 bits per heavy atom. The van der Waals surface area contributed by atoms with Crippen LogP contribution < -0.4 is 4.74 Å². The second-order valence-corrected chi connectivity index (χ2v) is 5.49. The minimum Gasteiger partial charge on any atom is -0.506 e. The fraction of sp³-hybridized carbons (Fsp3) is 0.111. The molecule has 0 heterocycles. The Labute approximate surface area is 152 Å². The topological polar surface area (TPSA) is 58.9 Å². The number of allylic oxidation sites excluding steroid dienone is 1. The van der Waals surface area contributed by atoms with Crippen molar-refractivity contribution in [2.45, 2.75) is 6.18 Å². The third-order valence-electron chi connectivity index (χ3n) is 3.29. The van der Waals surface area contributed by atoms with E-state index in [4.69, 9.17) is 16.3 Å². The molecule has 0 atom stereocenters. The van der Waals surface area contributed by atoms with Gasteiger partial charge in [0, 0.05) is 16.8 Å². The summed E-state index contributed by atoms with van der Waals surface area (Å²) in [5.74, 6) is -2.60. The van der Waals surface area contributed by atoms with Crippen molar-refractivity contribution < 1.29 is 27.8 Å². The highest BCUT2D eigenvalue weighted by Crippen LogP contribution is 2.26. The standard InChI is InChI=1S/C18H13ClF3NO3/c1-26-14-8-2-11(3-9-14)16(24)15(17(25)18(20,21)22)10-23-13-6-4-12(19)5-7-13/h2-10,24H,1H3/b16-15+,23-10?. The molecule has 0 aliphatic carbocycles. The summed E-state index contributed by atoms with van der Waals surface area (Å²) in [6, 6.07) is 11.4. The van der Waals surface area contributed by atoms with Crippen molar-refractivity contribution in [2.24, 2.45) is 4.99 Å². The Hall–Kier alpha value is -2.80. The summed E-state index contributed by atoms with van der Waals surface area (Å²) in [6.45, 7) is 0. The first-order valence-corrected chi connectivity index (χ1v) is 7.59. The van der Waals surface area contributed by atoms with Crippen LogP contribution in [0.4, 0.5) is 18.9 Å². The second kappa shape index (κ2) is 8.05. The number of aliphatic hydroxyl groups is 1. The smallest absolute Gasteiger partial charge is 0.455 e. The molecule has 0 fully saturated rings. The zero-order valence-corrected chi connectivity index (χ0v) is 14.2. The number of aliphatic hydroxyl groups excluding tert-OH is 1. The van der Waals surface area contributed by atoms with Gasteiger partial charge in [-0.3, -0.25) is 9.79 Å². The lowest BCUT2D eigenvalue weighted by Crippen LogP contribution is -2.26. The average Bonchev–Trinajstić information content (AvgIpc) is 2.62. The number of nitrogens with zero attached hydrogens (tertiary/aromatic N) is 1. The van der Waals surface area contributed by atoms with E-state index in [0.29, 0.717) is 17.0 Å². The van der Waals surface area contributed by atoms with E-state index < -0.39 is 23.3 Å². The van der Waals surface area contributed by atoms with Crippen molar-refractivity contribution in [3.63, 3.8) is 0 Å². The molecule has 0 aliphatic rings. The molecule has 2 aromatic carbocycles. The monoisotopic (exact) mass is 383 g/mol. The summed E-state index contributed by atoms with van der Waals surface area (Å²) in [4.78, 5) is 15.5. The molecule has 0 aliphatic heterocycles. The van der Waals surface area contributed by atoms with E-state index in [2.05, 4.69) is 4.99 Å². The molecule has 0 saturated heterocycles. The Morgan fingerprint density at radius 2 is 1.69 bits per heavy atom. The quantitative estimate of drug-likeness (QED) is 0.441. The maximum Gasteiger partial charge on any atom is 0.455 e. The maximum absolute atomic E-state index is 12.9. The summed E-state index contributed by atoms with van der Waals surface area (Å²) in [6.07, 6.45) is -4.49. The molecule has 0 amide bonds. The fourth-order valence-electron chi connectivity index (χ4n) is 1.95. The second-order valence-electron chi connectivity index (χ2n) is 5.05. The van der Waals surface area contributed by atoms with Crippen LogP contribution in [-0.4, -0.2) is 30.4 Å². The Bertz CT molecular complexity index is 841. The number of aliphatic imine (C=N–C) groups is 1. The number of ketones is 1. The van der Waals surface area contributed by atoms with Gasteiger partial charge in [0.05, 0.1) is 18.4 Å². The van der Waals surface area contributed by atoms with Crippen LogP contribution in [0.1, 0.15) is 5.56 Å². The first-order chi connectivity index (χ1) is 12.2. The summed E-state index contributed by atoms with van der Waals surface area (Å²) in [5.41, 5.74) is -0.692. The highest BCUT2D eigenvalue weighted by Gasteiger charge is 2.41. The van der Waals surface area contributed by atoms with Crippen molar-refractivity contribution in [3.05, 3.63) is 64.7 Å². The van der Waals surface area contributed by atoms with Crippen molar-refractivity contribution in [1.82, 2.24) is 0 Å². The molecule has 2 aromatic rings. The lowest BCUT2D eigenvalue weighted by Gasteiger charge is -2.09. The SMILES string of the molecule is COc1ccc(/C(O)=C(/C=Nc2ccc(Cl)cc2)C(=O)C(F)(F)F)cc1. The summed E-state index contributed by atoms with van der Waals surface area (Å²) in [7, 11) is 1.42. The number of ether oxygens (including phenoxy) is 1. The van der Waals surface area contributed by atoms with Gasteiger partial charge in [0.2, 0.25) is 0 Å². The number of halogens is 4. The molecule has 1 N–H and O–H groups in total. The highest BCUT2D eigenvalue weighted by molar-refractivity contribution is 6.30. The molecule has 4 nitrogen and oxygen atoms in total. The first kappa shape index (κ1) is 19.5. The normalized spacial score (nSPS) is 12.8. The number of carbonyl (C=O) groups excluding carboxylic acids is 1. The van der Waals surface area contributed by atoms with Gasteiger partial charge in [0.15, 0.2) is 0 Å². The molecule has 0 aromatic heterocycles. The van der Waals surface area contributed by atoms with Crippen molar-refractivity contribution >= 4 is 35.0 Å². The van der Waals surface area contributed by atoms with E-state index in [1.807, 2.05) is 0 Å². The number of carbonyl (C=O) groups is 1. The largest absolute Gasteiger partial charge is 0.506 e. The van der Waals surface area contributed by atoms with E-state index in [1.165, 1.54) is 55.6 Å². The number of alkyl halides is 3. The van der Waals surface area contributed by atoms with Gasteiger partial charge in [-0.15, -0.1) is 0 Å². The number of benzene rings is 2. The minimum absolute atomic E-state index is 0.0148. The van der Waals surface area contributed by atoms with E-state index in [-0.39, 0.29) is 11.3 Å². The number of hydrogen-bond donors (Lipinski definition) is 1. The number of methoxy groups -OCH3 is 1. The van der Waals surface area contributed by atoms with Gasteiger partial charge in [-0.1, -0.05) is 11.6 Å².